The molecule has 0 spiro atoms. The molecule has 1 saturated heterocycles. The molecule has 5 heterocycles. The van der Waals surface area contributed by atoms with Gasteiger partial charge in [-0.2, -0.15) is 0 Å². The van der Waals surface area contributed by atoms with Crippen LogP contribution >= 0.6 is 0 Å². The van der Waals surface area contributed by atoms with E-state index in [1.807, 2.05) is 39.0 Å². The van der Waals surface area contributed by atoms with Crippen molar-refractivity contribution in [2.45, 2.75) is 60.3 Å². The van der Waals surface area contributed by atoms with Crippen molar-refractivity contribution in [2.75, 3.05) is 0 Å². The predicted molar refractivity (Wildman–Crippen MR) is 155 cm³/mol. The zero-order chi connectivity index (χ0) is 28.5. The Morgan fingerprint density at radius 2 is 1.77 bits per heavy atom. The summed E-state index contributed by atoms with van der Waals surface area (Å²) in [5.74, 6) is -0.966. The molecule has 0 amide bonds. The normalized spacial score (nSPS) is 26.4. The van der Waals surface area contributed by atoms with Gasteiger partial charge in [-0.05, 0) is 74.1 Å². The first-order valence-electron chi connectivity index (χ1n) is 13.8. The third kappa shape index (κ3) is 3.85. The average Bonchev–Trinajstić information content (AvgIpc) is 3.65. The molecule has 8 nitrogen and oxygen atoms in total. The summed E-state index contributed by atoms with van der Waals surface area (Å²) in [6.45, 7) is 10.1. The van der Waals surface area contributed by atoms with Gasteiger partial charge in [0, 0.05) is 52.8 Å². The summed E-state index contributed by atoms with van der Waals surface area (Å²) < 4.78 is 0. The van der Waals surface area contributed by atoms with E-state index in [0.717, 1.165) is 74.7 Å². The number of fused-ring (bicyclic) bond motifs is 5. The second kappa shape index (κ2) is 9.40. The molecule has 0 aromatic carbocycles. The predicted octanol–water partition coefficient (Wildman–Crippen LogP) is 5.72. The summed E-state index contributed by atoms with van der Waals surface area (Å²) in [6.07, 6.45) is 8.42. The monoisotopic (exact) mass is 536 g/mol. The molecule has 5 aliphatic heterocycles. The largest absolute Gasteiger partial charge is 0.515 e. The van der Waals surface area contributed by atoms with Crippen LogP contribution in [0.4, 0.5) is 0 Å². The van der Waals surface area contributed by atoms with Gasteiger partial charge in [0.1, 0.15) is 0 Å². The average molecular weight is 537 g/mol. The second-order valence-corrected chi connectivity index (χ2v) is 11.1. The molecule has 1 saturated carbocycles. The molecule has 0 radical (unpaired) electrons. The fourth-order valence-corrected chi connectivity index (χ4v) is 6.55. The molecule has 8 bridgehead atoms. The van der Waals surface area contributed by atoms with Gasteiger partial charge in [-0.25, -0.2) is 15.0 Å². The van der Waals surface area contributed by atoms with Crippen LogP contribution < -0.4 is 5.32 Å². The van der Waals surface area contributed by atoms with Gasteiger partial charge in [0.25, 0.3) is 0 Å². The highest BCUT2D eigenvalue weighted by molar-refractivity contribution is 6.38. The molecule has 2 atom stereocenters. The van der Waals surface area contributed by atoms with E-state index in [4.69, 9.17) is 15.0 Å². The minimum absolute atomic E-state index is 0.0222. The summed E-state index contributed by atoms with van der Waals surface area (Å²) in [4.78, 5) is 39.7. The first-order chi connectivity index (χ1) is 19.1. The number of aliphatic hydroxyl groups excluding tert-OH is 1. The van der Waals surface area contributed by atoms with E-state index >= 15 is 0 Å². The third-order valence-electron chi connectivity index (χ3n) is 8.88. The molecule has 8 heteroatoms. The standard InChI is InChI=1S/C32H32N4O4/c1-6-18-14(2)23-11-27-21(13-37)16(4)22(34-27)10-24-15(3)19(7-8-29(39)40)31(35-24)20-9-28(38)30-17(5)25(36-32(20)30)12-26(18)33-23/h10-13,15,19,35,37H,6-9H2,1-5H3,(H,39,40)/b21-13+,23-11?,24-10?,25-12?,31-20?/t15-,19-/m0/s1. The number of carboxylic acids is 1. The number of nitrogens with one attached hydrogen (secondary N) is 1. The van der Waals surface area contributed by atoms with E-state index in [1.165, 1.54) is 0 Å². The molecule has 0 unspecified atom stereocenters. The zero-order valence-electron chi connectivity index (χ0n) is 23.3. The van der Waals surface area contributed by atoms with E-state index in [0.29, 0.717) is 29.0 Å². The Bertz CT molecular complexity index is 1660. The number of nitrogens with zero attached hydrogens (tertiary/aromatic N) is 3. The first kappa shape index (κ1) is 25.9. The van der Waals surface area contributed by atoms with Crippen molar-refractivity contribution in [3.63, 3.8) is 0 Å². The topological polar surface area (TPSA) is 124 Å². The minimum atomic E-state index is -0.852. The number of aliphatic carboxylic acids is 1. The van der Waals surface area contributed by atoms with Crippen LogP contribution in [0.2, 0.25) is 0 Å². The first-order valence-corrected chi connectivity index (χ1v) is 13.8. The molecular formula is C32H32N4O4. The lowest BCUT2D eigenvalue weighted by Gasteiger charge is -2.16. The number of allylic oxidation sites excluding steroid dienone is 12. The van der Waals surface area contributed by atoms with Crippen LogP contribution in [0, 0.1) is 11.8 Å². The molecule has 0 aromatic heterocycles. The molecule has 3 N–H and O–H groups in total. The smallest absolute Gasteiger partial charge is 0.303 e. The molecule has 204 valence electrons. The zero-order valence-corrected chi connectivity index (χ0v) is 23.3. The Kier molecular flexibility index (Phi) is 6.09. The van der Waals surface area contributed by atoms with Crippen LogP contribution in [0.15, 0.2) is 107 Å². The van der Waals surface area contributed by atoms with Gasteiger partial charge in [0.15, 0.2) is 5.78 Å². The minimum Gasteiger partial charge on any atom is -0.515 e. The van der Waals surface area contributed by atoms with E-state index < -0.39 is 5.97 Å². The lowest BCUT2D eigenvalue weighted by atomic mass is 9.86. The maximum absolute atomic E-state index is 13.3. The number of carbonyl (C=O) groups excluding carboxylic acids is 1. The van der Waals surface area contributed by atoms with E-state index in [1.54, 1.807) is 0 Å². The Hall–Kier alpha value is -4.33. The van der Waals surface area contributed by atoms with Crippen molar-refractivity contribution in [1.29, 1.82) is 0 Å². The summed E-state index contributed by atoms with van der Waals surface area (Å²) >= 11 is 0. The van der Waals surface area contributed by atoms with Gasteiger partial charge in [-0.3, -0.25) is 9.59 Å². The van der Waals surface area contributed by atoms with Gasteiger partial charge in [-0.1, -0.05) is 13.8 Å². The third-order valence-corrected chi connectivity index (χ3v) is 8.88. The molecule has 0 aromatic rings. The maximum Gasteiger partial charge on any atom is 0.303 e. The fraction of sp³-hybridized carbons (Fsp3) is 0.344. The van der Waals surface area contributed by atoms with Crippen LogP contribution in [0.25, 0.3) is 0 Å². The van der Waals surface area contributed by atoms with E-state index in [9.17, 15) is 19.8 Å². The van der Waals surface area contributed by atoms with Crippen molar-refractivity contribution in [3.05, 3.63) is 92.0 Å². The number of ketones is 1. The van der Waals surface area contributed by atoms with E-state index in [2.05, 4.69) is 19.2 Å². The number of hydrogen-bond acceptors (Lipinski definition) is 7. The second-order valence-electron chi connectivity index (χ2n) is 11.1. The summed E-state index contributed by atoms with van der Waals surface area (Å²) in [6, 6.07) is 0. The van der Waals surface area contributed by atoms with Crippen molar-refractivity contribution >= 4 is 28.9 Å². The van der Waals surface area contributed by atoms with Crippen molar-refractivity contribution < 1.29 is 19.8 Å². The molecule has 6 rings (SSSR count). The number of Topliss-reactive ketones (excluding diaryl/α,β-unsaturated/α-hetero) is 1. The van der Waals surface area contributed by atoms with E-state index in [-0.39, 0.29) is 30.5 Å². The number of hydrogen-bond donors (Lipinski definition) is 3. The van der Waals surface area contributed by atoms with Gasteiger partial charge in [-0.15, -0.1) is 0 Å². The van der Waals surface area contributed by atoms with Crippen LogP contribution in [0.1, 0.15) is 60.3 Å². The van der Waals surface area contributed by atoms with Crippen molar-refractivity contribution in [3.8, 4) is 0 Å². The maximum atomic E-state index is 13.3. The lowest BCUT2D eigenvalue weighted by molar-refractivity contribution is -0.137. The highest BCUT2D eigenvalue weighted by Crippen LogP contribution is 2.45. The van der Waals surface area contributed by atoms with Crippen LogP contribution in [-0.4, -0.2) is 39.1 Å². The SMILES string of the molecule is CCC1=C(C)C2=CC3=NC(=C(C)/C3=C\O)C=C3NC(=C4CC(=O)C5=C(C)C(=CC1=N2)N=C45)[C@@H](CCC(=O)O)[C@@H]3C. The Morgan fingerprint density at radius 1 is 1.05 bits per heavy atom. The highest BCUT2D eigenvalue weighted by Gasteiger charge is 2.43. The number of carbonyl (C=O) groups is 2. The lowest BCUT2D eigenvalue weighted by Crippen LogP contribution is -2.14. The number of aliphatic hydroxyl groups is 1. The number of aliphatic imine (C=N–C) groups is 3. The van der Waals surface area contributed by atoms with Crippen LogP contribution in [0.3, 0.4) is 0 Å². The Morgan fingerprint density at radius 3 is 2.48 bits per heavy atom. The highest BCUT2D eigenvalue weighted by atomic mass is 16.4. The van der Waals surface area contributed by atoms with Gasteiger partial charge >= 0.3 is 5.97 Å². The molecular weight excluding hydrogens is 504 g/mol. The molecule has 1 aliphatic carbocycles. The quantitative estimate of drug-likeness (QED) is 0.397. The molecule has 2 fully saturated rings. The summed E-state index contributed by atoms with van der Waals surface area (Å²) in [5, 5.41) is 23.2. The van der Waals surface area contributed by atoms with Gasteiger partial charge in [0.05, 0.1) is 40.5 Å². The molecule has 6 aliphatic rings. The fourth-order valence-electron chi connectivity index (χ4n) is 6.55. The van der Waals surface area contributed by atoms with Crippen molar-refractivity contribution in [1.82, 2.24) is 5.32 Å². The number of carboxylic acid groups (broad SMARTS) is 1. The summed E-state index contributed by atoms with van der Waals surface area (Å²) in [7, 11) is 0. The van der Waals surface area contributed by atoms with Crippen LogP contribution in [-0.2, 0) is 9.59 Å². The van der Waals surface area contributed by atoms with Gasteiger partial charge in [0.2, 0.25) is 0 Å². The Labute approximate surface area is 233 Å². The van der Waals surface area contributed by atoms with Gasteiger partial charge < -0.3 is 15.5 Å². The summed E-state index contributed by atoms with van der Waals surface area (Å²) in [5.41, 5.74) is 12.1. The Balaban J connectivity index is 1.62. The van der Waals surface area contributed by atoms with Crippen molar-refractivity contribution in [2.24, 2.45) is 26.8 Å². The molecule has 40 heavy (non-hydrogen) atoms. The number of rotatable bonds is 4. The van der Waals surface area contributed by atoms with Crippen LogP contribution in [0.5, 0.6) is 0 Å².